The van der Waals surface area contributed by atoms with Gasteiger partial charge in [-0.2, -0.15) is 0 Å². The zero-order chi connectivity index (χ0) is 16.9. The molecule has 0 spiro atoms. The predicted octanol–water partition coefficient (Wildman–Crippen LogP) is 3.63. The lowest BCUT2D eigenvalue weighted by molar-refractivity contribution is 0.0644. The van der Waals surface area contributed by atoms with Gasteiger partial charge in [0.2, 0.25) is 0 Å². The Kier molecular flexibility index (Phi) is 5.11. The van der Waals surface area contributed by atoms with E-state index in [0.29, 0.717) is 19.4 Å². The van der Waals surface area contributed by atoms with Crippen molar-refractivity contribution in [1.82, 2.24) is 4.90 Å². The molecule has 1 fully saturated rings. The summed E-state index contributed by atoms with van der Waals surface area (Å²) >= 11 is 0. The monoisotopic (exact) mass is 328 g/mol. The Labute approximate surface area is 141 Å². The fraction of sp³-hybridized carbons (Fsp3) is 0.316. The van der Waals surface area contributed by atoms with E-state index in [1.807, 2.05) is 36.4 Å². The van der Waals surface area contributed by atoms with Gasteiger partial charge in [0.1, 0.15) is 12.4 Å². The van der Waals surface area contributed by atoms with E-state index < -0.39 is 0 Å². The maximum absolute atomic E-state index is 13.6. The molecule has 1 aliphatic rings. The van der Waals surface area contributed by atoms with Gasteiger partial charge in [-0.3, -0.25) is 0 Å². The third kappa shape index (κ3) is 3.92. The number of carbonyl (C=O) groups excluding carboxylic acids is 1. The highest BCUT2D eigenvalue weighted by atomic mass is 19.1. The first-order valence-corrected chi connectivity index (χ1v) is 8.12. The quantitative estimate of drug-likeness (QED) is 0.936. The minimum absolute atomic E-state index is 0.00330. The molecule has 0 aliphatic carbocycles. The van der Waals surface area contributed by atoms with Crippen LogP contribution in [-0.2, 0) is 11.3 Å². The first-order valence-electron chi connectivity index (χ1n) is 8.12. The maximum Gasteiger partial charge on any atom is 0.410 e. The van der Waals surface area contributed by atoms with Crippen LogP contribution in [0.2, 0.25) is 0 Å². The van der Waals surface area contributed by atoms with E-state index in [-0.39, 0.29) is 30.6 Å². The van der Waals surface area contributed by atoms with Crippen LogP contribution >= 0.6 is 0 Å². The average Bonchev–Trinajstić information content (AvgIpc) is 2.60. The van der Waals surface area contributed by atoms with Gasteiger partial charge < -0.3 is 15.4 Å². The SMILES string of the molecule is NC1CCN(C(=O)OCc2ccccc2)C(c2cccc(F)c2)C1. The molecule has 2 atom stereocenters. The second-order valence-electron chi connectivity index (χ2n) is 6.09. The Morgan fingerprint density at radius 1 is 1.21 bits per heavy atom. The highest BCUT2D eigenvalue weighted by Crippen LogP contribution is 2.31. The van der Waals surface area contributed by atoms with Gasteiger partial charge in [0.15, 0.2) is 0 Å². The van der Waals surface area contributed by atoms with E-state index in [0.717, 1.165) is 11.1 Å². The van der Waals surface area contributed by atoms with Crippen molar-refractivity contribution < 1.29 is 13.9 Å². The van der Waals surface area contributed by atoms with Crippen molar-refractivity contribution in [2.24, 2.45) is 5.73 Å². The number of likely N-dealkylation sites (tertiary alicyclic amines) is 1. The Balaban J connectivity index is 1.72. The average molecular weight is 328 g/mol. The minimum atomic E-state index is -0.389. The van der Waals surface area contributed by atoms with Gasteiger partial charge in [0.05, 0.1) is 6.04 Å². The smallest absolute Gasteiger partial charge is 0.410 e. The summed E-state index contributed by atoms with van der Waals surface area (Å²) < 4.78 is 19.0. The number of nitrogens with two attached hydrogens (primary N) is 1. The van der Waals surface area contributed by atoms with Crippen molar-refractivity contribution in [3.05, 3.63) is 71.5 Å². The second-order valence-corrected chi connectivity index (χ2v) is 6.09. The van der Waals surface area contributed by atoms with E-state index >= 15 is 0 Å². The van der Waals surface area contributed by atoms with E-state index in [1.54, 1.807) is 11.0 Å². The lowest BCUT2D eigenvalue weighted by atomic mass is 9.92. The molecule has 24 heavy (non-hydrogen) atoms. The van der Waals surface area contributed by atoms with Crippen LogP contribution in [-0.4, -0.2) is 23.6 Å². The Hall–Kier alpha value is -2.40. The predicted molar refractivity (Wildman–Crippen MR) is 89.7 cm³/mol. The Morgan fingerprint density at radius 2 is 2.00 bits per heavy atom. The summed E-state index contributed by atoms with van der Waals surface area (Å²) in [6.07, 6.45) is 0.927. The third-order valence-electron chi connectivity index (χ3n) is 4.32. The molecule has 2 N–H and O–H groups in total. The molecule has 2 unspecified atom stereocenters. The van der Waals surface area contributed by atoms with Crippen molar-refractivity contribution in [3.63, 3.8) is 0 Å². The van der Waals surface area contributed by atoms with E-state index in [1.165, 1.54) is 12.1 Å². The van der Waals surface area contributed by atoms with Crippen LogP contribution in [0, 0.1) is 5.82 Å². The molecule has 1 amide bonds. The standard InChI is InChI=1S/C19H21FN2O2/c20-16-8-4-7-15(11-16)18-12-17(21)9-10-22(18)19(23)24-13-14-5-2-1-3-6-14/h1-8,11,17-18H,9-10,12-13,21H2. The van der Waals surface area contributed by atoms with Crippen molar-refractivity contribution in [3.8, 4) is 0 Å². The number of nitrogens with zero attached hydrogens (tertiary/aromatic N) is 1. The minimum Gasteiger partial charge on any atom is -0.445 e. The number of amides is 1. The Bertz CT molecular complexity index is 693. The molecule has 4 nitrogen and oxygen atoms in total. The molecule has 1 heterocycles. The van der Waals surface area contributed by atoms with Crippen LogP contribution in [0.15, 0.2) is 54.6 Å². The van der Waals surface area contributed by atoms with E-state index in [4.69, 9.17) is 10.5 Å². The van der Waals surface area contributed by atoms with Gasteiger partial charge in [-0.15, -0.1) is 0 Å². The van der Waals surface area contributed by atoms with Crippen LogP contribution in [0.5, 0.6) is 0 Å². The van der Waals surface area contributed by atoms with Crippen molar-refractivity contribution in [2.75, 3.05) is 6.54 Å². The molecule has 1 saturated heterocycles. The van der Waals surface area contributed by atoms with Crippen LogP contribution < -0.4 is 5.73 Å². The van der Waals surface area contributed by atoms with Gasteiger partial charge >= 0.3 is 6.09 Å². The first-order chi connectivity index (χ1) is 11.6. The number of halogens is 1. The van der Waals surface area contributed by atoms with Crippen molar-refractivity contribution >= 4 is 6.09 Å². The number of piperidine rings is 1. The zero-order valence-electron chi connectivity index (χ0n) is 13.4. The fourth-order valence-electron chi connectivity index (χ4n) is 3.04. The summed E-state index contributed by atoms with van der Waals surface area (Å²) in [5.74, 6) is -0.316. The molecule has 5 heteroatoms. The summed E-state index contributed by atoms with van der Waals surface area (Å²) in [5, 5.41) is 0. The Morgan fingerprint density at radius 3 is 2.75 bits per heavy atom. The van der Waals surface area contributed by atoms with Gasteiger partial charge in [-0.05, 0) is 36.1 Å². The van der Waals surface area contributed by atoms with Crippen LogP contribution in [0.1, 0.15) is 30.0 Å². The van der Waals surface area contributed by atoms with E-state index in [2.05, 4.69) is 0 Å². The fourth-order valence-corrected chi connectivity index (χ4v) is 3.04. The zero-order valence-corrected chi connectivity index (χ0v) is 13.4. The number of hydrogen-bond acceptors (Lipinski definition) is 3. The van der Waals surface area contributed by atoms with Crippen molar-refractivity contribution in [1.29, 1.82) is 0 Å². The molecule has 0 saturated carbocycles. The molecule has 2 aromatic carbocycles. The number of hydrogen-bond donors (Lipinski definition) is 1. The lowest BCUT2D eigenvalue weighted by Crippen LogP contribution is -2.45. The topological polar surface area (TPSA) is 55.6 Å². The number of carbonyl (C=O) groups is 1. The first kappa shape index (κ1) is 16.5. The summed E-state index contributed by atoms with van der Waals surface area (Å²) in [4.78, 5) is 14.2. The highest BCUT2D eigenvalue weighted by Gasteiger charge is 2.32. The van der Waals surface area contributed by atoms with Crippen LogP contribution in [0.4, 0.5) is 9.18 Å². The molecule has 0 aromatic heterocycles. The highest BCUT2D eigenvalue weighted by molar-refractivity contribution is 5.68. The van der Waals surface area contributed by atoms with Crippen molar-refractivity contribution in [2.45, 2.75) is 31.5 Å². The molecule has 1 aliphatic heterocycles. The van der Waals surface area contributed by atoms with Gasteiger partial charge in [-0.25, -0.2) is 9.18 Å². The third-order valence-corrected chi connectivity index (χ3v) is 4.32. The molecule has 3 rings (SSSR count). The normalized spacial score (nSPS) is 20.7. The van der Waals surface area contributed by atoms with Gasteiger partial charge in [0.25, 0.3) is 0 Å². The lowest BCUT2D eigenvalue weighted by Gasteiger charge is -2.37. The number of benzene rings is 2. The molecule has 0 radical (unpaired) electrons. The summed E-state index contributed by atoms with van der Waals surface area (Å²) in [6.45, 7) is 0.730. The summed E-state index contributed by atoms with van der Waals surface area (Å²) in [6, 6.07) is 15.6. The number of rotatable bonds is 3. The molecule has 0 bridgehead atoms. The molecule has 2 aromatic rings. The summed E-state index contributed by atoms with van der Waals surface area (Å²) in [7, 11) is 0. The van der Waals surface area contributed by atoms with E-state index in [9.17, 15) is 9.18 Å². The summed E-state index contributed by atoms with van der Waals surface area (Å²) in [5.41, 5.74) is 7.74. The maximum atomic E-state index is 13.6. The second kappa shape index (κ2) is 7.45. The molecule has 126 valence electrons. The number of ether oxygens (including phenoxy) is 1. The van der Waals surface area contributed by atoms with Crippen LogP contribution in [0.3, 0.4) is 0 Å². The van der Waals surface area contributed by atoms with Crippen LogP contribution in [0.25, 0.3) is 0 Å². The largest absolute Gasteiger partial charge is 0.445 e. The van der Waals surface area contributed by atoms with Gasteiger partial charge in [-0.1, -0.05) is 42.5 Å². The molecular weight excluding hydrogens is 307 g/mol. The molecular formula is C19H21FN2O2. The van der Waals surface area contributed by atoms with Gasteiger partial charge in [0, 0.05) is 12.6 Å².